The van der Waals surface area contributed by atoms with E-state index in [1.54, 1.807) is 12.2 Å². The van der Waals surface area contributed by atoms with Crippen molar-refractivity contribution in [2.24, 2.45) is 28.6 Å². The molecule has 4 aliphatic rings. The maximum atomic E-state index is 12.9. The summed E-state index contributed by atoms with van der Waals surface area (Å²) in [7, 11) is 1.52. The zero-order valence-corrected chi connectivity index (χ0v) is 17.5. The van der Waals surface area contributed by atoms with Crippen molar-refractivity contribution in [1.82, 2.24) is 0 Å². The molecule has 29 heavy (non-hydrogen) atoms. The molecule has 0 aromatic rings. The molecule has 0 amide bonds. The number of carbonyl (C=O) groups is 2. The summed E-state index contributed by atoms with van der Waals surface area (Å²) in [4.78, 5) is 24.8. The van der Waals surface area contributed by atoms with Gasteiger partial charge < -0.3 is 19.7 Å². The maximum absolute atomic E-state index is 12.9. The van der Waals surface area contributed by atoms with Gasteiger partial charge in [-0.2, -0.15) is 0 Å². The number of fused-ring (bicyclic) bond motifs is 5. The standard InChI is InChI=1S/C23H32O6/c1-21-8-6-15(25)10-14(21)4-5-16-17-7-9-23(19(27)12-24,29-13-28-3)22(17,2)11-18(26)20(16)21/h6,8,10,16-18,20,24,26H,4-5,7,9,11-13H2,1-3H3/t16-,17-,18?,20+,21-,22-,23-/m0/s1. The summed E-state index contributed by atoms with van der Waals surface area (Å²) in [6, 6.07) is 0. The fourth-order valence-electron chi connectivity index (χ4n) is 7.38. The second-order valence-corrected chi connectivity index (χ2v) is 9.71. The van der Waals surface area contributed by atoms with Crippen molar-refractivity contribution in [1.29, 1.82) is 0 Å². The van der Waals surface area contributed by atoms with Crippen LogP contribution in [-0.4, -0.2) is 54.0 Å². The molecule has 0 saturated heterocycles. The summed E-state index contributed by atoms with van der Waals surface area (Å²) in [6.45, 7) is 3.58. The number of hydrogen-bond acceptors (Lipinski definition) is 6. The van der Waals surface area contributed by atoms with Gasteiger partial charge >= 0.3 is 0 Å². The highest BCUT2D eigenvalue weighted by Crippen LogP contribution is 2.67. The molecule has 4 aliphatic carbocycles. The third-order valence-electron chi connectivity index (χ3n) is 8.63. The summed E-state index contributed by atoms with van der Waals surface area (Å²) in [5.41, 5.74) is -0.932. The zero-order chi connectivity index (χ0) is 21.0. The van der Waals surface area contributed by atoms with Crippen LogP contribution in [-0.2, 0) is 19.1 Å². The molecule has 3 fully saturated rings. The van der Waals surface area contributed by atoms with E-state index in [4.69, 9.17) is 9.47 Å². The van der Waals surface area contributed by atoms with Crippen molar-refractivity contribution < 1.29 is 29.3 Å². The average Bonchev–Trinajstić information content (AvgIpc) is 2.98. The zero-order valence-electron chi connectivity index (χ0n) is 17.5. The summed E-state index contributed by atoms with van der Waals surface area (Å²) < 4.78 is 11.1. The number of allylic oxidation sites excluding steroid dienone is 4. The molecule has 7 atom stereocenters. The van der Waals surface area contributed by atoms with Crippen LogP contribution in [0.4, 0.5) is 0 Å². The number of ether oxygens (including phenoxy) is 2. The van der Waals surface area contributed by atoms with E-state index in [9.17, 15) is 19.8 Å². The fraction of sp³-hybridized carbons (Fsp3) is 0.739. The third-order valence-corrected chi connectivity index (χ3v) is 8.63. The topological polar surface area (TPSA) is 93.1 Å². The molecule has 6 nitrogen and oxygen atoms in total. The largest absolute Gasteiger partial charge is 0.393 e. The number of methoxy groups -OCH3 is 1. The predicted molar refractivity (Wildman–Crippen MR) is 106 cm³/mol. The van der Waals surface area contributed by atoms with Crippen LogP contribution in [0.5, 0.6) is 0 Å². The minimum absolute atomic E-state index is 0.00683. The van der Waals surface area contributed by atoms with E-state index < -0.39 is 23.7 Å². The minimum Gasteiger partial charge on any atom is -0.393 e. The molecule has 0 aliphatic heterocycles. The van der Waals surface area contributed by atoms with Crippen molar-refractivity contribution >= 4 is 11.6 Å². The Kier molecular flexibility index (Phi) is 5.13. The number of Topliss-reactive ketones (excluding diaryl/α,β-unsaturated/α-hetero) is 1. The lowest BCUT2D eigenvalue weighted by molar-refractivity contribution is -0.214. The van der Waals surface area contributed by atoms with Crippen molar-refractivity contribution in [2.45, 2.75) is 57.7 Å². The summed E-state index contributed by atoms with van der Waals surface area (Å²) >= 11 is 0. The van der Waals surface area contributed by atoms with Crippen molar-refractivity contribution in [3.63, 3.8) is 0 Å². The van der Waals surface area contributed by atoms with Gasteiger partial charge in [-0.3, -0.25) is 9.59 Å². The van der Waals surface area contributed by atoms with Gasteiger partial charge in [0.2, 0.25) is 0 Å². The van der Waals surface area contributed by atoms with Crippen LogP contribution in [0, 0.1) is 28.6 Å². The molecular formula is C23H32O6. The Hall–Kier alpha value is -1.34. The lowest BCUT2D eigenvalue weighted by Gasteiger charge is -2.60. The molecule has 0 heterocycles. The van der Waals surface area contributed by atoms with Crippen molar-refractivity contribution in [3.8, 4) is 0 Å². The van der Waals surface area contributed by atoms with Crippen LogP contribution >= 0.6 is 0 Å². The number of rotatable bonds is 5. The maximum Gasteiger partial charge on any atom is 0.190 e. The van der Waals surface area contributed by atoms with Gasteiger partial charge in [0, 0.05) is 23.9 Å². The molecule has 3 saturated carbocycles. The molecule has 4 rings (SSSR count). The molecule has 0 aromatic heterocycles. The quantitative estimate of drug-likeness (QED) is 0.683. The Labute approximate surface area is 172 Å². The highest BCUT2D eigenvalue weighted by molar-refractivity contribution is 6.01. The van der Waals surface area contributed by atoms with Crippen LogP contribution < -0.4 is 0 Å². The molecule has 0 radical (unpaired) electrons. The molecular weight excluding hydrogens is 372 g/mol. The van der Waals surface area contributed by atoms with Gasteiger partial charge in [0.25, 0.3) is 0 Å². The normalized spacial score (nSPS) is 46.0. The first kappa shape index (κ1) is 20.9. The molecule has 0 spiro atoms. The number of carbonyl (C=O) groups excluding carboxylic acids is 2. The molecule has 0 bridgehead atoms. The SMILES string of the molecule is COCO[C@]1(C(=O)CO)CC[C@H]2[C@@H]3CCC4=CC(=O)C=C[C@]4(C)[C@H]3C(O)C[C@@]21C. The Bertz CT molecular complexity index is 771. The van der Waals surface area contributed by atoms with Crippen LogP contribution in [0.25, 0.3) is 0 Å². The van der Waals surface area contributed by atoms with Gasteiger partial charge in [-0.25, -0.2) is 0 Å². The van der Waals surface area contributed by atoms with Crippen LogP contribution in [0.1, 0.15) is 46.0 Å². The predicted octanol–water partition coefficient (Wildman–Crippen LogP) is 2.19. The number of aliphatic hydroxyl groups excluding tert-OH is 2. The lowest BCUT2D eigenvalue weighted by Crippen LogP contribution is -2.62. The molecule has 1 unspecified atom stereocenters. The Morgan fingerprint density at radius 2 is 2.07 bits per heavy atom. The number of ketones is 2. The lowest BCUT2D eigenvalue weighted by atomic mass is 9.46. The Morgan fingerprint density at radius 3 is 2.76 bits per heavy atom. The first-order valence-electron chi connectivity index (χ1n) is 10.6. The first-order chi connectivity index (χ1) is 13.7. The summed E-state index contributed by atoms with van der Waals surface area (Å²) in [5.74, 6) is 0.131. The smallest absolute Gasteiger partial charge is 0.190 e. The Balaban J connectivity index is 1.74. The van der Waals surface area contributed by atoms with Crippen LogP contribution in [0.2, 0.25) is 0 Å². The van der Waals surface area contributed by atoms with Crippen molar-refractivity contribution in [3.05, 3.63) is 23.8 Å². The van der Waals surface area contributed by atoms with Gasteiger partial charge in [-0.05, 0) is 56.1 Å². The van der Waals surface area contributed by atoms with E-state index in [0.29, 0.717) is 12.8 Å². The minimum atomic E-state index is -1.14. The summed E-state index contributed by atoms with van der Waals surface area (Å²) in [6.07, 6.45) is 8.22. The third kappa shape index (κ3) is 2.76. The van der Waals surface area contributed by atoms with Gasteiger partial charge in [-0.1, -0.05) is 25.5 Å². The van der Waals surface area contributed by atoms with Gasteiger partial charge in [0.05, 0.1) is 6.10 Å². The second-order valence-electron chi connectivity index (χ2n) is 9.71. The van der Waals surface area contributed by atoms with E-state index >= 15 is 0 Å². The second kappa shape index (κ2) is 7.12. The van der Waals surface area contributed by atoms with E-state index in [1.807, 2.05) is 13.0 Å². The van der Waals surface area contributed by atoms with E-state index in [2.05, 4.69) is 6.92 Å². The van der Waals surface area contributed by atoms with Crippen LogP contribution in [0.3, 0.4) is 0 Å². The average molecular weight is 405 g/mol. The highest BCUT2D eigenvalue weighted by atomic mass is 16.7. The molecule has 6 heteroatoms. The summed E-state index contributed by atoms with van der Waals surface area (Å²) in [5, 5.41) is 21.1. The van der Waals surface area contributed by atoms with E-state index in [-0.39, 0.29) is 41.5 Å². The van der Waals surface area contributed by atoms with E-state index in [0.717, 1.165) is 24.8 Å². The molecule has 0 aromatic carbocycles. The van der Waals surface area contributed by atoms with Crippen LogP contribution in [0.15, 0.2) is 23.8 Å². The van der Waals surface area contributed by atoms with Gasteiger partial charge in [0.15, 0.2) is 11.6 Å². The number of hydrogen-bond donors (Lipinski definition) is 2. The van der Waals surface area contributed by atoms with Crippen molar-refractivity contribution in [2.75, 3.05) is 20.5 Å². The highest BCUT2D eigenvalue weighted by Gasteiger charge is 2.69. The van der Waals surface area contributed by atoms with E-state index in [1.165, 1.54) is 7.11 Å². The fourth-order valence-corrected chi connectivity index (χ4v) is 7.38. The van der Waals surface area contributed by atoms with Gasteiger partial charge in [0.1, 0.15) is 19.0 Å². The number of aliphatic hydroxyl groups is 2. The van der Waals surface area contributed by atoms with Gasteiger partial charge in [-0.15, -0.1) is 0 Å². The Morgan fingerprint density at radius 1 is 1.31 bits per heavy atom. The monoisotopic (exact) mass is 404 g/mol. The molecule has 2 N–H and O–H groups in total. The molecule has 160 valence electrons. The first-order valence-corrected chi connectivity index (χ1v) is 10.6.